The topological polar surface area (TPSA) is 85.6 Å². The molecule has 122 valence electrons. The van der Waals surface area contributed by atoms with Gasteiger partial charge in [0.2, 0.25) is 0 Å². The van der Waals surface area contributed by atoms with Gasteiger partial charge in [0.15, 0.2) is 0 Å². The van der Waals surface area contributed by atoms with Crippen molar-refractivity contribution in [3.63, 3.8) is 0 Å². The highest BCUT2D eigenvalue weighted by Gasteiger charge is 2.24. The van der Waals surface area contributed by atoms with Gasteiger partial charge in [-0.1, -0.05) is 0 Å². The molecule has 0 heterocycles. The predicted molar refractivity (Wildman–Crippen MR) is 81.5 cm³/mol. The van der Waals surface area contributed by atoms with Crippen LogP contribution in [0.1, 0.15) is 41.6 Å². The van der Waals surface area contributed by atoms with E-state index in [0.717, 1.165) is 32.0 Å². The number of benzene rings is 1. The second-order valence-electron chi connectivity index (χ2n) is 5.44. The van der Waals surface area contributed by atoms with Crippen molar-refractivity contribution in [2.75, 3.05) is 14.2 Å². The number of nitrogens with zero attached hydrogens (tertiary/aromatic N) is 1. The van der Waals surface area contributed by atoms with Crippen LogP contribution in [0.5, 0.6) is 11.5 Å². The number of nitriles is 1. The fraction of sp³-hybridized carbons (Fsp3) is 0.471. The minimum Gasteiger partial charge on any atom is -0.496 e. The monoisotopic (exact) mass is 317 g/mol. The fourth-order valence-corrected chi connectivity index (χ4v) is 2.71. The average Bonchev–Trinajstić information content (AvgIpc) is 2.61. The van der Waals surface area contributed by atoms with Crippen LogP contribution >= 0.6 is 0 Å². The highest BCUT2D eigenvalue weighted by molar-refractivity contribution is 5.93. The van der Waals surface area contributed by atoms with Crippen molar-refractivity contribution in [2.45, 2.75) is 31.8 Å². The Morgan fingerprint density at radius 3 is 2.43 bits per heavy atom. The van der Waals surface area contributed by atoms with E-state index in [2.05, 4.69) is 6.07 Å². The lowest BCUT2D eigenvalue weighted by Gasteiger charge is -2.26. The van der Waals surface area contributed by atoms with Crippen LogP contribution in [0, 0.1) is 17.2 Å². The zero-order valence-electron chi connectivity index (χ0n) is 13.2. The van der Waals surface area contributed by atoms with Gasteiger partial charge in [-0.05, 0) is 31.7 Å². The zero-order valence-corrected chi connectivity index (χ0v) is 13.2. The van der Waals surface area contributed by atoms with Gasteiger partial charge in [-0.3, -0.25) is 0 Å². The van der Waals surface area contributed by atoms with Crippen molar-refractivity contribution < 1.29 is 23.8 Å². The molecule has 0 aliphatic heterocycles. The second-order valence-corrected chi connectivity index (χ2v) is 5.44. The second kappa shape index (κ2) is 7.63. The standard InChI is InChI=1S/C17H19NO5/c1-21-16-7-12(9-18)15(8-14(16)17(20)22-2)23-13-5-3-11(10-19)4-6-13/h7-8,10-11,13H,3-6H2,1-2H3. The number of carbonyl (C=O) groups excluding carboxylic acids is 2. The van der Waals surface area contributed by atoms with Crippen molar-refractivity contribution in [1.82, 2.24) is 0 Å². The van der Waals surface area contributed by atoms with Gasteiger partial charge < -0.3 is 19.0 Å². The van der Waals surface area contributed by atoms with E-state index in [1.54, 1.807) is 0 Å². The number of ether oxygens (including phenoxy) is 3. The van der Waals surface area contributed by atoms with Crippen LogP contribution in [0.4, 0.5) is 0 Å². The highest BCUT2D eigenvalue weighted by Crippen LogP contribution is 2.32. The number of esters is 1. The number of carbonyl (C=O) groups is 2. The summed E-state index contributed by atoms with van der Waals surface area (Å²) >= 11 is 0. The number of methoxy groups -OCH3 is 2. The minimum atomic E-state index is -0.555. The molecule has 1 aliphatic carbocycles. The smallest absolute Gasteiger partial charge is 0.341 e. The molecule has 1 aromatic rings. The van der Waals surface area contributed by atoms with Crippen LogP contribution in [-0.4, -0.2) is 32.6 Å². The van der Waals surface area contributed by atoms with E-state index in [1.807, 2.05) is 0 Å². The Labute approximate surface area is 134 Å². The van der Waals surface area contributed by atoms with Crippen molar-refractivity contribution in [3.05, 3.63) is 23.3 Å². The van der Waals surface area contributed by atoms with Crippen LogP contribution in [0.2, 0.25) is 0 Å². The van der Waals surface area contributed by atoms with Crippen molar-refractivity contribution in [2.24, 2.45) is 5.92 Å². The summed E-state index contributed by atoms with van der Waals surface area (Å²) in [6, 6.07) is 5.00. The normalized spacial score (nSPS) is 20.2. The van der Waals surface area contributed by atoms with Crippen LogP contribution < -0.4 is 9.47 Å². The largest absolute Gasteiger partial charge is 0.496 e. The summed E-state index contributed by atoms with van der Waals surface area (Å²) in [5.74, 6) is 0.140. The van der Waals surface area contributed by atoms with E-state index < -0.39 is 5.97 Å². The first-order valence-electron chi connectivity index (χ1n) is 7.45. The quantitative estimate of drug-likeness (QED) is 0.612. The molecule has 6 heteroatoms. The van der Waals surface area contributed by atoms with Crippen molar-refractivity contribution >= 4 is 12.3 Å². The summed E-state index contributed by atoms with van der Waals surface area (Å²) < 4.78 is 15.8. The average molecular weight is 317 g/mol. The lowest BCUT2D eigenvalue weighted by Crippen LogP contribution is -2.25. The third-order valence-corrected chi connectivity index (χ3v) is 4.03. The van der Waals surface area contributed by atoms with E-state index in [4.69, 9.17) is 14.2 Å². The Bertz CT molecular complexity index is 627. The first kappa shape index (κ1) is 16.8. The third-order valence-electron chi connectivity index (χ3n) is 4.03. The van der Waals surface area contributed by atoms with Crippen molar-refractivity contribution in [3.8, 4) is 17.6 Å². The molecule has 1 fully saturated rings. The van der Waals surface area contributed by atoms with Crippen LogP contribution in [0.3, 0.4) is 0 Å². The van der Waals surface area contributed by atoms with Gasteiger partial charge in [0, 0.05) is 12.0 Å². The summed E-state index contributed by atoms with van der Waals surface area (Å²) in [6.07, 6.45) is 3.95. The molecule has 0 atom stereocenters. The minimum absolute atomic E-state index is 0.0720. The SMILES string of the molecule is COC(=O)c1cc(OC2CCC(C=O)CC2)c(C#N)cc1OC. The molecule has 0 bridgehead atoms. The zero-order chi connectivity index (χ0) is 16.8. The van der Waals surface area contributed by atoms with Gasteiger partial charge >= 0.3 is 5.97 Å². The predicted octanol–water partition coefficient (Wildman–Crippen LogP) is 2.49. The number of hydrogen-bond donors (Lipinski definition) is 0. The molecular weight excluding hydrogens is 298 g/mol. The molecule has 6 nitrogen and oxygen atoms in total. The molecule has 23 heavy (non-hydrogen) atoms. The highest BCUT2D eigenvalue weighted by atomic mass is 16.5. The number of rotatable bonds is 5. The molecule has 0 unspecified atom stereocenters. The van der Waals surface area contributed by atoms with Gasteiger partial charge in [0.05, 0.1) is 25.9 Å². The Kier molecular flexibility index (Phi) is 5.58. The lowest BCUT2D eigenvalue weighted by molar-refractivity contribution is -0.112. The van der Waals surface area contributed by atoms with E-state index in [-0.39, 0.29) is 23.3 Å². The Morgan fingerprint density at radius 1 is 1.22 bits per heavy atom. The lowest BCUT2D eigenvalue weighted by atomic mass is 9.88. The summed E-state index contributed by atoms with van der Waals surface area (Å²) in [5, 5.41) is 9.29. The fourth-order valence-electron chi connectivity index (χ4n) is 2.71. The third kappa shape index (κ3) is 3.81. The van der Waals surface area contributed by atoms with Gasteiger partial charge in [0.1, 0.15) is 29.4 Å². The van der Waals surface area contributed by atoms with E-state index >= 15 is 0 Å². The van der Waals surface area contributed by atoms with E-state index in [0.29, 0.717) is 11.3 Å². The molecule has 0 spiro atoms. The molecule has 2 rings (SSSR count). The first-order chi connectivity index (χ1) is 11.1. The Hall–Kier alpha value is -2.55. The molecule has 1 aliphatic rings. The molecule has 0 saturated heterocycles. The summed E-state index contributed by atoms with van der Waals surface area (Å²) in [4.78, 5) is 22.6. The van der Waals surface area contributed by atoms with Gasteiger partial charge in [0.25, 0.3) is 0 Å². The van der Waals surface area contributed by atoms with Crippen LogP contribution in [-0.2, 0) is 9.53 Å². The number of aldehydes is 1. The maximum atomic E-state index is 11.8. The van der Waals surface area contributed by atoms with Crippen molar-refractivity contribution in [1.29, 1.82) is 5.26 Å². The van der Waals surface area contributed by atoms with E-state index in [9.17, 15) is 14.9 Å². The molecule has 1 aromatic carbocycles. The molecule has 0 amide bonds. The maximum absolute atomic E-state index is 11.8. The molecule has 0 N–H and O–H groups in total. The van der Waals surface area contributed by atoms with Crippen LogP contribution in [0.15, 0.2) is 12.1 Å². The summed E-state index contributed by atoms with van der Waals surface area (Å²) in [5.41, 5.74) is 0.512. The Balaban J connectivity index is 2.25. The van der Waals surface area contributed by atoms with Crippen LogP contribution in [0.25, 0.3) is 0 Å². The molecular formula is C17H19NO5. The first-order valence-corrected chi connectivity index (χ1v) is 7.45. The summed E-state index contributed by atoms with van der Waals surface area (Å²) in [6.45, 7) is 0. The number of hydrogen-bond acceptors (Lipinski definition) is 6. The van der Waals surface area contributed by atoms with Gasteiger partial charge in [-0.2, -0.15) is 5.26 Å². The molecule has 0 radical (unpaired) electrons. The molecule has 0 aromatic heterocycles. The van der Waals surface area contributed by atoms with E-state index in [1.165, 1.54) is 26.4 Å². The van der Waals surface area contributed by atoms with Gasteiger partial charge in [-0.15, -0.1) is 0 Å². The maximum Gasteiger partial charge on any atom is 0.341 e. The summed E-state index contributed by atoms with van der Waals surface area (Å²) in [7, 11) is 2.70. The molecule has 1 saturated carbocycles. The Morgan fingerprint density at radius 2 is 1.91 bits per heavy atom. The van der Waals surface area contributed by atoms with Gasteiger partial charge in [-0.25, -0.2) is 4.79 Å².